The topological polar surface area (TPSA) is 84.2 Å². The van der Waals surface area contributed by atoms with Crippen LogP contribution in [0.3, 0.4) is 0 Å². The molecule has 1 atom stereocenters. The quantitative estimate of drug-likeness (QED) is 0.835. The zero-order valence-corrected chi connectivity index (χ0v) is 12.2. The second-order valence-electron chi connectivity index (χ2n) is 4.56. The highest BCUT2D eigenvalue weighted by Crippen LogP contribution is 2.17. The minimum absolute atomic E-state index is 0.0184. The van der Waals surface area contributed by atoms with Crippen molar-refractivity contribution in [2.75, 3.05) is 6.61 Å². The van der Waals surface area contributed by atoms with Gasteiger partial charge < -0.3 is 5.11 Å². The van der Waals surface area contributed by atoms with Crippen LogP contribution in [0.1, 0.15) is 18.5 Å². The molecule has 1 heterocycles. The lowest BCUT2D eigenvalue weighted by atomic mass is 10.1. The lowest BCUT2D eigenvalue weighted by molar-refractivity contribution is 0.269. The summed E-state index contributed by atoms with van der Waals surface area (Å²) in [5.41, 5.74) is 0.655. The average Bonchev–Trinajstić information content (AvgIpc) is 2.89. The van der Waals surface area contributed by atoms with Crippen LogP contribution in [-0.2, 0) is 16.6 Å². The van der Waals surface area contributed by atoms with Crippen molar-refractivity contribution < 1.29 is 17.9 Å². The van der Waals surface area contributed by atoms with Crippen LogP contribution in [0, 0.1) is 5.82 Å². The summed E-state index contributed by atoms with van der Waals surface area (Å²) in [5, 5.41) is 12.6. The number of rotatable bonds is 6. The first-order chi connectivity index (χ1) is 9.92. The van der Waals surface area contributed by atoms with Crippen LogP contribution in [0.25, 0.3) is 0 Å². The molecule has 21 heavy (non-hydrogen) atoms. The predicted octanol–water partition coefficient (Wildman–Crippen LogP) is 1.05. The summed E-state index contributed by atoms with van der Waals surface area (Å²) in [7, 11) is -3.72. The van der Waals surface area contributed by atoms with E-state index in [1.165, 1.54) is 41.3 Å². The van der Waals surface area contributed by atoms with Gasteiger partial charge in [0.1, 0.15) is 10.7 Å². The highest BCUT2D eigenvalue weighted by molar-refractivity contribution is 7.89. The molecular formula is C13H16FN3O3S. The van der Waals surface area contributed by atoms with Crippen molar-refractivity contribution in [2.45, 2.75) is 24.4 Å². The van der Waals surface area contributed by atoms with Crippen LogP contribution < -0.4 is 4.72 Å². The number of aliphatic hydroxyl groups excluding tert-OH is 1. The fourth-order valence-corrected chi connectivity index (χ4v) is 3.01. The number of hydrogen-bond donors (Lipinski definition) is 2. The molecule has 0 fully saturated rings. The second-order valence-corrected chi connectivity index (χ2v) is 6.27. The number of aromatic nitrogens is 2. The zero-order chi connectivity index (χ0) is 15.5. The van der Waals surface area contributed by atoms with Crippen LogP contribution in [-0.4, -0.2) is 29.9 Å². The largest absolute Gasteiger partial charge is 0.394 e. The highest BCUT2D eigenvalue weighted by Gasteiger charge is 2.20. The van der Waals surface area contributed by atoms with Gasteiger partial charge in [0.25, 0.3) is 0 Å². The van der Waals surface area contributed by atoms with Crippen LogP contribution in [0.15, 0.2) is 41.6 Å². The van der Waals surface area contributed by atoms with Gasteiger partial charge in [0, 0.05) is 12.2 Å². The van der Waals surface area contributed by atoms with Crippen molar-refractivity contribution in [3.8, 4) is 0 Å². The highest BCUT2D eigenvalue weighted by atomic mass is 32.2. The van der Waals surface area contributed by atoms with E-state index in [4.69, 9.17) is 5.11 Å². The second kappa shape index (κ2) is 6.33. The summed E-state index contributed by atoms with van der Waals surface area (Å²) in [6.07, 6.45) is 2.56. The monoisotopic (exact) mass is 313 g/mol. The summed E-state index contributed by atoms with van der Waals surface area (Å²) >= 11 is 0. The van der Waals surface area contributed by atoms with Crippen molar-refractivity contribution in [1.29, 1.82) is 0 Å². The lowest BCUT2D eigenvalue weighted by Gasteiger charge is -2.13. The lowest BCUT2D eigenvalue weighted by Crippen LogP contribution is -2.26. The number of benzene rings is 1. The fourth-order valence-electron chi connectivity index (χ4n) is 1.83. The molecule has 0 aliphatic carbocycles. The van der Waals surface area contributed by atoms with Gasteiger partial charge in [-0.1, -0.05) is 12.1 Å². The van der Waals surface area contributed by atoms with Crippen LogP contribution >= 0.6 is 0 Å². The molecular weight excluding hydrogens is 297 g/mol. The van der Waals surface area contributed by atoms with E-state index in [1.54, 1.807) is 6.92 Å². The third-order valence-corrected chi connectivity index (χ3v) is 4.45. The molecule has 2 aromatic rings. The first kappa shape index (κ1) is 15.6. The Morgan fingerprint density at radius 2 is 2.05 bits per heavy atom. The number of sulfonamides is 1. The van der Waals surface area contributed by atoms with Crippen LogP contribution in [0.4, 0.5) is 4.39 Å². The van der Waals surface area contributed by atoms with Crippen LogP contribution in [0.2, 0.25) is 0 Å². The molecule has 0 bridgehead atoms. The maximum Gasteiger partial charge on any atom is 0.244 e. The van der Waals surface area contributed by atoms with E-state index in [2.05, 4.69) is 9.82 Å². The van der Waals surface area contributed by atoms with Crippen molar-refractivity contribution in [3.63, 3.8) is 0 Å². The van der Waals surface area contributed by atoms with Crippen molar-refractivity contribution in [1.82, 2.24) is 14.5 Å². The van der Waals surface area contributed by atoms with E-state index in [-0.39, 0.29) is 23.9 Å². The van der Waals surface area contributed by atoms with Gasteiger partial charge in [-0.2, -0.15) is 5.10 Å². The maximum absolute atomic E-state index is 12.9. The first-order valence-electron chi connectivity index (χ1n) is 6.33. The Kier molecular flexibility index (Phi) is 4.71. The molecule has 6 nitrogen and oxygen atoms in total. The van der Waals surface area contributed by atoms with E-state index in [1.807, 2.05) is 0 Å². The van der Waals surface area contributed by atoms with E-state index < -0.39 is 16.1 Å². The Labute approximate surface area is 122 Å². The average molecular weight is 313 g/mol. The molecule has 8 heteroatoms. The van der Waals surface area contributed by atoms with Gasteiger partial charge in [0.05, 0.1) is 19.3 Å². The normalized spacial score (nSPS) is 13.3. The minimum atomic E-state index is -3.72. The smallest absolute Gasteiger partial charge is 0.244 e. The number of nitrogens with zero attached hydrogens (tertiary/aromatic N) is 2. The Morgan fingerprint density at radius 3 is 2.67 bits per heavy atom. The molecule has 1 aromatic carbocycles. The minimum Gasteiger partial charge on any atom is -0.394 e. The molecule has 0 spiro atoms. The third kappa shape index (κ3) is 3.87. The fraction of sp³-hybridized carbons (Fsp3) is 0.308. The molecule has 2 N–H and O–H groups in total. The standard InChI is InChI=1S/C13H16FN3O3S/c1-10(11-2-4-12(14)5-3-11)16-21(19,20)13-8-15-17(9-13)6-7-18/h2-5,8-10,16,18H,6-7H2,1H3. The van der Waals surface area contributed by atoms with Gasteiger partial charge in [0.15, 0.2) is 0 Å². The van der Waals surface area contributed by atoms with E-state index in [0.717, 1.165) is 0 Å². The molecule has 0 aliphatic rings. The van der Waals surface area contributed by atoms with Gasteiger partial charge in [-0.3, -0.25) is 4.68 Å². The molecule has 1 unspecified atom stereocenters. The molecule has 114 valence electrons. The summed E-state index contributed by atoms with van der Waals surface area (Å²) < 4.78 is 41.1. The SMILES string of the molecule is CC(NS(=O)(=O)c1cnn(CCO)c1)c1ccc(F)cc1. The Hall–Kier alpha value is -1.77. The Bertz CT molecular complexity index is 698. The molecule has 0 amide bonds. The zero-order valence-electron chi connectivity index (χ0n) is 11.4. The maximum atomic E-state index is 12.9. The summed E-state index contributed by atoms with van der Waals surface area (Å²) in [4.78, 5) is 0.0184. The molecule has 1 aromatic heterocycles. The Balaban J connectivity index is 2.14. The first-order valence-corrected chi connectivity index (χ1v) is 7.82. The number of nitrogens with one attached hydrogen (secondary N) is 1. The van der Waals surface area contributed by atoms with E-state index in [0.29, 0.717) is 5.56 Å². The molecule has 0 saturated carbocycles. The van der Waals surface area contributed by atoms with Crippen molar-refractivity contribution >= 4 is 10.0 Å². The van der Waals surface area contributed by atoms with E-state index in [9.17, 15) is 12.8 Å². The van der Waals surface area contributed by atoms with E-state index >= 15 is 0 Å². The third-order valence-electron chi connectivity index (χ3n) is 2.95. The molecule has 2 rings (SSSR count). The molecule has 0 aliphatic heterocycles. The number of aliphatic hydroxyl groups is 1. The van der Waals surface area contributed by atoms with Crippen LogP contribution in [0.5, 0.6) is 0 Å². The summed E-state index contributed by atoms with van der Waals surface area (Å²) in [6, 6.07) is 5.10. The Morgan fingerprint density at radius 1 is 1.38 bits per heavy atom. The van der Waals surface area contributed by atoms with Crippen molar-refractivity contribution in [2.24, 2.45) is 0 Å². The van der Waals surface area contributed by atoms with Gasteiger partial charge in [-0.15, -0.1) is 0 Å². The van der Waals surface area contributed by atoms with Gasteiger partial charge in [-0.05, 0) is 24.6 Å². The van der Waals surface area contributed by atoms with Crippen molar-refractivity contribution in [3.05, 3.63) is 48.0 Å². The van der Waals surface area contributed by atoms with Gasteiger partial charge in [0.2, 0.25) is 10.0 Å². The van der Waals surface area contributed by atoms with Gasteiger partial charge in [-0.25, -0.2) is 17.5 Å². The summed E-state index contributed by atoms with van der Waals surface area (Å²) in [5.74, 6) is -0.376. The number of halogens is 1. The molecule has 0 radical (unpaired) electrons. The number of hydrogen-bond acceptors (Lipinski definition) is 4. The summed E-state index contributed by atoms with van der Waals surface area (Å²) in [6.45, 7) is 1.77. The predicted molar refractivity (Wildman–Crippen MR) is 74.4 cm³/mol. The van der Waals surface area contributed by atoms with Gasteiger partial charge >= 0.3 is 0 Å². The molecule has 0 saturated heterocycles.